The Morgan fingerprint density at radius 3 is 2.14 bits per heavy atom. The van der Waals surface area contributed by atoms with E-state index in [1.54, 1.807) is 4.90 Å². The Morgan fingerprint density at radius 1 is 0.931 bits per heavy atom. The van der Waals surface area contributed by atoms with Gasteiger partial charge in [0.05, 0.1) is 6.42 Å². The van der Waals surface area contributed by atoms with Crippen molar-refractivity contribution in [2.24, 2.45) is 0 Å². The van der Waals surface area contributed by atoms with E-state index in [1.165, 1.54) is 24.8 Å². The van der Waals surface area contributed by atoms with Gasteiger partial charge in [-0.2, -0.15) is 0 Å². The van der Waals surface area contributed by atoms with E-state index < -0.39 is 6.04 Å². The second kappa shape index (κ2) is 10.8. The molecule has 2 aromatic rings. The van der Waals surface area contributed by atoms with Gasteiger partial charge in [0.15, 0.2) is 0 Å². The minimum atomic E-state index is -0.475. The van der Waals surface area contributed by atoms with E-state index >= 15 is 0 Å². The summed E-state index contributed by atoms with van der Waals surface area (Å²) in [6, 6.07) is 19.6. The minimum absolute atomic E-state index is 0.00146. The van der Waals surface area contributed by atoms with E-state index in [-0.39, 0.29) is 17.9 Å². The van der Waals surface area contributed by atoms with Crippen LogP contribution in [0.25, 0.3) is 0 Å². The standard InChI is InChI=1S/C25H32N2O2/c1-20(25(29)26-23-15-9-4-10-16-23)27(18-17-21-11-5-2-6-12-21)24(28)19-22-13-7-3-8-14-22/h2-3,5-8,11-14,20,23H,4,9-10,15-19H2,1H3,(H,26,29). The van der Waals surface area contributed by atoms with E-state index in [2.05, 4.69) is 17.4 Å². The SMILES string of the molecule is CC(C(=O)NC1CCCCC1)N(CCc1ccccc1)C(=O)Cc1ccccc1. The minimum Gasteiger partial charge on any atom is -0.352 e. The van der Waals surface area contributed by atoms with Crippen LogP contribution in [0.4, 0.5) is 0 Å². The van der Waals surface area contributed by atoms with Gasteiger partial charge in [0.1, 0.15) is 6.04 Å². The normalized spacial score (nSPS) is 15.5. The van der Waals surface area contributed by atoms with Crippen molar-refractivity contribution in [1.29, 1.82) is 0 Å². The summed E-state index contributed by atoms with van der Waals surface area (Å²) >= 11 is 0. The summed E-state index contributed by atoms with van der Waals surface area (Å²) < 4.78 is 0. The highest BCUT2D eigenvalue weighted by molar-refractivity contribution is 5.88. The first-order valence-electron chi connectivity index (χ1n) is 10.8. The third-order valence-corrected chi connectivity index (χ3v) is 5.80. The molecule has 0 saturated heterocycles. The highest BCUT2D eigenvalue weighted by atomic mass is 16.2. The molecule has 4 heteroatoms. The van der Waals surface area contributed by atoms with Crippen LogP contribution >= 0.6 is 0 Å². The van der Waals surface area contributed by atoms with Gasteiger partial charge < -0.3 is 10.2 Å². The number of rotatable bonds is 8. The number of carbonyl (C=O) groups excluding carboxylic acids is 2. The van der Waals surface area contributed by atoms with Crippen molar-refractivity contribution in [3.05, 3.63) is 71.8 Å². The first kappa shape index (κ1) is 21.1. The van der Waals surface area contributed by atoms with Crippen molar-refractivity contribution in [3.8, 4) is 0 Å². The van der Waals surface area contributed by atoms with Crippen molar-refractivity contribution in [1.82, 2.24) is 10.2 Å². The second-order valence-electron chi connectivity index (χ2n) is 8.00. The molecule has 1 saturated carbocycles. The number of benzene rings is 2. The maximum atomic E-state index is 13.1. The Bertz CT molecular complexity index is 770. The van der Waals surface area contributed by atoms with Crippen LogP contribution in [0, 0.1) is 0 Å². The molecule has 0 bridgehead atoms. The van der Waals surface area contributed by atoms with E-state index in [4.69, 9.17) is 0 Å². The monoisotopic (exact) mass is 392 g/mol. The Morgan fingerprint density at radius 2 is 1.52 bits per heavy atom. The molecular formula is C25H32N2O2. The van der Waals surface area contributed by atoms with Crippen LogP contribution in [-0.2, 0) is 22.4 Å². The molecule has 0 aromatic heterocycles. The summed E-state index contributed by atoms with van der Waals surface area (Å²) in [5.41, 5.74) is 2.15. The summed E-state index contributed by atoms with van der Waals surface area (Å²) in [5.74, 6) is -0.0372. The highest BCUT2D eigenvalue weighted by Crippen LogP contribution is 2.18. The zero-order valence-electron chi connectivity index (χ0n) is 17.3. The fourth-order valence-corrected chi connectivity index (χ4v) is 4.01. The number of nitrogens with zero attached hydrogens (tertiary/aromatic N) is 1. The van der Waals surface area contributed by atoms with Crippen LogP contribution in [0.2, 0.25) is 0 Å². The average molecular weight is 393 g/mol. The highest BCUT2D eigenvalue weighted by Gasteiger charge is 2.27. The van der Waals surface area contributed by atoms with Crippen LogP contribution < -0.4 is 5.32 Å². The van der Waals surface area contributed by atoms with Crippen molar-refractivity contribution in [2.45, 2.75) is 64.0 Å². The van der Waals surface area contributed by atoms with Gasteiger partial charge >= 0.3 is 0 Å². The predicted octanol–water partition coefficient (Wildman–Crippen LogP) is 4.14. The molecule has 0 spiro atoms. The topological polar surface area (TPSA) is 49.4 Å². The lowest BCUT2D eigenvalue weighted by atomic mass is 9.95. The summed E-state index contributed by atoms with van der Waals surface area (Å²) in [6.07, 6.45) is 6.73. The van der Waals surface area contributed by atoms with Crippen LogP contribution in [-0.4, -0.2) is 35.3 Å². The molecule has 3 rings (SSSR count). The Labute approximate surface area is 174 Å². The van der Waals surface area contributed by atoms with Gasteiger partial charge in [-0.05, 0) is 37.3 Å². The zero-order valence-corrected chi connectivity index (χ0v) is 17.3. The molecule has 1 atom stereocenters. The van der Waals surface area contributed by atoms with Gasteiger partial charge in [-0.3, -0.25) is 9.59 Å². The van der Waals surface area contributed by atoms with Gasteiger partial charge in [-0.1, -0.05) is 79.9 Å². The molecular weight excluding hydrogens is 360 g/mol. The van der Waals surface area contributed by atoms with Crippen molar-refractivity contribution >= 4 is 11.8 Å². The largest absolute Gasteiger partial charge is 0.352 e. The van der Waals surface area contributed by atoms with Gasteiger partial charge in [0.25, 0.3) is 0 Å². The third kappa shape index (κ3) is 6.45. The Kier molecular flexibility index (Phi) is 7.85. The van der Waals surface area contributed by atoms with Crippen molar-refractivity contribution in [2.75, 3.05) is 6.54 Å². The fraction of sp³-hybridized carbons (Fsp3) is 0.440. The molecule has 1 fully saturated rings. The van der Waals surface area contributed by atoms with Gasteiger partial charge in [-0.15, -0.1) is 0 Å². The Balaban J connectivity index is 1.67. The summed E-state index contributed by atoms with van der Waals surface area (Å²) in [6.45, 7) is 2.39. The number of amides is 2. The maximum absolute atomic E-state index is 13.1. The number of hydrogen-bond acceptors (Lipinski definition) is 2. The predicted molar refractivity (Wildman–Crippen MR) is 116 cm³/mol. The van der Waals surface area contributed by atoms with Crippen LogP contribution in [0.3, 0.4) is 0 Å². The summed E-state index contributed by atoms with van der Waals surface area (Å²) in [5, 5.41) is 3.18. The van der Waals surface area contributed by atoms with E-state index in [1.807, 2.05) is 55.5 Å². The van der Waals surface area contributed by atoms with E-state index in [0.717, 1.165) is 24.8 Å². The van der Waals surface area contributed by atoms with E-state index in [0.29, 0.717) is 13.0 Å². The van der Waals surface area contributed by atoms with Crippen LogP contribution in [0.1, 0.15) is 50.2 Å². The smallest absolute Gasteiger partial charge is 0.242 e. The number of hydrogen-bond donors (Lipinski definition) is 1. The fourth-order valence-electron chi connectivity index (χ4n) is 4.01. The molecule has 1 unspecified atom stereocenters. The van der Waals surface area contributed by atoms with Gasteiger partial charge in [-0.25, -0.2) is 0 Å². The average Bonchev–Trinajstić information content (AvgIpc) is 2.76. The zero-order chi connectivity index (χ0) is 20.5. The number of carbonyl (C=O) groups is 2. The van der Waals surface area contributed by atoms with Crippen molar-refractivity contribution < 1.29 is 9.59 Å². The van der Waals surface area contributed by atoms with Crippen LogP contribution in [0.15, 0.2) is 60.7 Å². The molecule has 4 nitrogen and oxygen atoms in total. The Hall–Kier alpha value is -2.62. The van der Waals surface area contributed by atoms with Crippen molar-refractivity contribution in [3.63, 3.8) is 0 Å². The van der Waals surface area contributed by atoms with Gasteiger partial charge in [0.2, 0.25) is 11.8 Å². The summed E-state index contributed by atoms with van der Waals surface area (Å²) in [7, 11) is 0. The van der Waals surface area contributed by atoms with Gasteiger partial charge in [0, 0.05) is 12.6 Å². The summed E-state index contributed by atoms with van der Waals surface area (Å²) in [4.78, 5) is 27.8. The first-order chi connectivity index (χ1) is 14.1. The first-order valence-corrected chi connectivity index (χ1v) is 10.8. The quantitative estimate of drug-likeness (QED) is 0.734. The molecule has 2 amide bonds. The molecule has 0 radical (unpaired) electrons. The third-order valence-electron chi connectivity index (χ3n) is 5.80. The number of nitrogens with one attached hydrogen (secondary N) is 1. The molecule has 29 heavy (non-hydrogen) atoms. The lowest BCUT2D eigenvalue weighted by Gasteiger charge is -2.31. The molecule has 1 aliphatic carbocycles. The molecule has 0 aliphatic heterocycles. The van der Waals surface area contributed by atoms with Crippen LogP contribution in [0.5, 0.6) is 0 Å². The molecule has 154 valence electrons. The molecule has 1 aliphatic rings. The lowest BCUT2D eigenvalue weighted by molar-refractivity contribution is -0.139. The molecule has 0 heterocycles. The lowest BCUT2D eigenvalue weighted by Crippen LogP contribution is -2.51. The maximum Gasteiger partial charge on any atom is 0.242 e. The van der Waals surface area contributed by atoms with E-state index in [9.17, 15) is 9.59 Å². The molecule has 1 N–H and O–H groups in total. The molecule has 2 aromatic carbocycles. The second-order valence-corrected chi connectivity index (χ2v) is 8.00.